The van der Waals surface area contributed by atoms with Gasteiger partial charge in [-0.05, 0) is 11.5 Å². The molecule has 8 nitrogen and oxygen atoms in total. The fraction of sp³-hybridized carbons (Fsp3) is 0.357. The summed E-state index contributed by atoms with van der Waals surface area (Å²) in [4.78, 5) is 34.0. The quantitative estimate of drug-likeness (QED) is 0.270. The van der Waals surface area contributed by atoms with Gasteiger partial charge in [0.25, 0.3) is 0 Å². The average Bonchev–Trinajstić information content (AvgIpc) is 2.46. The van der Waals surface area contributed by atoms with Gasteiger partial charge in [0, 0.05) is 6.54 Å². The number of nitrogens with two attached hydrogens (primary N) is 1. The van der Waals surface area contributed by atoms with E-state index < -0.39 is 12.1 Å². The smallest absolute Gasteiger partial charge is 0.352 e. The Labute approximate surface area is 129 Å². The molecule has 0 fully saturated rings. The number of rotatable bonds is 6. The number of carbonyl (C=O) groups is 2. The average molecular weight is 563 g/mol. The van der Waals surface area contributed by atoms with E-state index in [0.717, 1.165) is 15.6 Å². The van der Waals surface area contributed by atoms with Crippen LogP contribution >= 0.6 is 0 Å². The number of amides is 5. The van der Waals surface area contributed by atoms with Crippen LogP contribution < -0.4 is 16.6 Å². The standard InChI is InChI=1S/C14H20N5O3.Fm/c1-11(2)8-18(13(15)21)17-14(22)19(16-10-20)9-12-6-4-3-5-7-12;/h3-7,11H,8-9H2,1-2H3,(H2,15,21)(H,16,20)(H,17,22);/q-1;. The molecule has 4 N–H and O–H groups in total. The minimum absolute atomic E-state index is 0. The predicted octanol–water partition coefficient (Wildman–Crippen LogP) is 0.722. The molecule has 1 aromatic carbocycles. The van der Waals surface area contributed by atoms with Gasteiger partial charge in [-0.3, -0.25) is 5.01 Å². The molecule has 0 radical (unpaired) electrons. The maximum absolute atomic E-state index is 12.2. The van der Waals surface area contributed by atoms with Crippen molar-refractivity contribution in [1.29, 1.82) is 0 Å². The number of nitrogens with zero attached hydrogens (tertiary/aromatic N) is 2. The SMILES string of the molecule is CC(C)CN(NC(=O)N(Cc1ccccc1)N[C-]=O)C(N)=O.[Fm]. The summed E-state index contributed by atoms with van der Waals surface area (Å²) in [6, 6.07) is 7.59. The van der Waals surface area contributed by atoms with Crippen molar-refractivity contribution in [1.82, 2.24) is 20.9 Å². The molecule has 1 rings (SSSR count). The van der Waals surface area contributed by atoms with E-state index in [4.69, 9.17) is 5.73 Å². The molecule has 132 valence electrons. The largest absolute Gasteiger partial charge is 0.518 e. The second kappa shape index (κ2) is 9.22. The van der Waals surface area contributed by atoms with Crippen LogP contribution in [0.15, 0.2) is 30.3 Å². The van der Waals surface area contributed by atoms with Crippen LogP contribution in [0.2, 0.25) is 0 Å². The van der Waals surface area contributed by atoms with Gasteiger partial charge >= 0.3 is 12.1 Å². The van der Waals surface area contributed by atoms with Crippen LogP contribution in [0.3, 0.4) is 0 Å². The van der Waals surface area contributed by atoms with Gasteiger partial charge in [-0.1, -0.05) is 44.2 Å². The molecule has 0 aliphatic heterocycles. The van der Waals surface area contributed by atoms with E-state index in [1.54, 1.807) is 12.1 Å². The van der Waals surface area contributed by atoms with Gasteiger partial charge in [-0.2, -0.15) is 0 Å². The third-order valence-corrected chi connectivity index (χ3v) is 2.65. The molecule has 5 amide bonds. The number of hydrazine groups is 2. The minimum Gasteiger partial charge on any atom is -0.518 e. The first-order chi connectivity index (χ1) is 10.4. The van der Waals surface area contributed by atoms with E-state index in [1.807, 2.05) is 32.0 Å². The Balaban J connectivity index is 0.00000484. The maximum Gasteiger partial charge on any atom is 0.352 e. The summed E-state index contributed by atoms with van der Waals surface area (Å²) in [5, 5.41) is 2.00. The van der Waals surface area contributed by atoms with Crippen molar-refractivity contribution in [3.8, 4) is 0 Å². The fourth-order valence-electron chi connectivity index (χ4n) is 1.71. The maximum atomic E-state index is 12.2. The first-order valence-corrected chi connectivity index (χ1v) is 6.76. The first kappa shape index (κ1) is 19.2. The van der Waals surface area contributed by atoms with E-state index in [0.29, 0.717) is 0 Å². The van der Waals surface area contributed by atoms with Crippen LogP contribution in [0.25, 0.3) is 0 Å². The van der Waals surface area contributed by atoms with E-state index in [9.17, 15) is 14.4 Å². The molecular formula is C14H20FmN5O3-. The number of hydrogen-bond donors (Lipinski definition) is 3. The van der Waals surface area contributed by atoms with Crippen LogP contribution in [0, 0.1) is 5.92 Å². The molecule has 0 unspecified atom stereocenters. The van der Waals surface area contributed by atoms with Crippen molar-refractivity contribution in [2.75, 3.05) is 6.54 Å². The van der Waals surface area contributed by atoms with Crippen LogP contribution in [0.5, 0.6) is 0 Å². The van der Waals surface area contributed by atoms with Gasteiger partial charge in [0.15, 0.2) is 0 Å². The Bertz CT molecular complexity index is 512. The Morgan fingerprint density at radius 3 is 2.30 bits per heavy atom. The molecule has 0 aliphatic rings. The molecule has 0 atom stereocenters. The Morgan fingerprint density at radius 1 is 1.22 bits per heavy atom. The summed E-state index contributed by atoms with van der Waals surface area (Å²) in [7, 11) is 0. The van der Waals surface area contributed by atoms with Gasteiger partial charge in [0.1, 0.15) is 0 Å². The molecule has 0 aromatic heterocycles. The third-order valence-electron chi connectivity index (χ3n) is 2.65. The van der Waals surface area contributed by atoms with Crippen molar-refractivity contribution in [2.24, 2.45) is 11.7 Å². The molecular weight excluding hydrogens is 543 g/mol. The van der Waals surface area contributed by atoms with Crippen LogP contribution in [-0.2, 0) is 11.3 Å². The first-order valence-electron chi connectivity index (χ1n) is 6.76. The molecule has 9 heteroatoms. The van der Waals surface area contributed by atoms with Crippen molar-refractivity contribution < 1.29 is 14.4 Å². The molecule has 0 heterocycles. The van der Waals surface area contributed by atoms with Crippen molar-refractivity contribution >= 4 is 18.5 Å². The zero-order valence-electron chi connectivity index (χ0n) is 12.9. The zero-order valence-corrected chi connectivity index (χ0v) is 15.3. The van der Waals surface area contributed by atoms with Gasteiger partial charge < -0.3 is 16.0 Å². The summed E-state index contributed by atoms with van der Waals surface area (Å²) in [5.41, 5.74) is 10.5. The normalized spacial score (nSPS) is 9.52. The number of primary amides is 1. The Hall–Kier alpha value is -3.77. The number of benzene rings is 1. The topological polar surface area (TPSA) is 108 Å². The summed E-state index contributed by atoms with van der Waals surface area (Å²) in [6.07, 6.45) is 1.44. The van der Waals surface area contributed by atoms with Crippen molar-refractivity contribution in [2.45, 2.75) is 20.4 Å². The minimum atomic E-state index is -0.781. The second-order valence-electron chi connectivity index (χ2n) is 5.05. The summed E-state index contributed by atoms with van der Waals surface area (Å²) in [5.74, 6) is 0.112. The fourth-order valence-corrected chi connectivity index (χ4v) is 1.71. The molecule has 0 bridgehead atoms. The number of hydrogen-bond acceptors (Lipinski definition) is 3. The molecule has 1 aromatic rings. The van der Waals surface area contributed by atoms with E-state index in [-0.39, 0.29) is 19.0 Å². The van der Waals surface area contributed by atoms with E-state index in [2.05, 4.69) is 10.9 Å². The Morgan fingerprint density at radius 2 is 1.83 bits per heavy atom. The summed E-state index contributed by atoms with van der Waals surface area (Å²) < 4.78 is 0. The van der Waals surface area contributed by atoms with E-state index >= 15 is 0 Å². The number of urea groups is 2. The van der Waals surface area contributed by atoms with Crippen LogP contribution in [0.4, 0.5) is 9.59 Å². The van der Waals surface area contributed by atoms with Gasteiger partial charge in [0.05, 0.1) is 6.54 Å². The van der Waals surface area contributed by atoms with Gasteiger partial charge in [-0.25, -0.2) is 20.0 Å². The second-order valence-corrected chi connectivity index (χ2v) is 5.05. The van der Waals surface area contributed by atoms with Gasteiger partial charge in [-0.15, -0.1) is 6.41 Å². The molecule has 0 saturated carbocycles. The molecule has 0 saturated heterocycles. The third kappa shape index (κ3) is 6.48. The summed E-state index contributed by atoms with van der Waals surface area (Å²) in [6.45, 7) is 4.13. The van der Waals surface area contributed by atoms with Gasteiger partial charge in [0.2, 0.25) is 0 Å². The molecule has 0 spiro atoms. The predicted molar refractivity (Wildman–Crippen MR) is 80.5 cm³/mol. The summed E-state index contributed by atoms with van der Waals surface area (Å²) >= 11 is 0. The van der Waals surface area contributed by atoms with Crippen molar-refractivity contribution in [3.05, 3.63) is 35.9 Å². The van der Waals surface area contributed by atoms with Crippen LogP contribution in [-0.4, -0.2) is 35.0 Å². The molecule has 0 aliphatic carbocycles. The Kier molecular flexibility index (Phi) is 7.71. The van der Waals surface area contributed by atoms with Crippen molar-refractivity contribution in [3.63, 3.8) is 0 Å². The molecule has 23 heavy (non-hydrogen) atoms. The number of carbonyl (C=O) groups excluding carboxylic acids is 3. The van der Waals surface area contributed by atoms with Crippen LogP contribution in [0.1, 0.15) is 19.4 Å². The van der Waals surface area contributed by atoms with E-state index in [1.165, 1.54) is 6.41 Å². The monoisotopic (exact) mass is 563 g/mol. The number of nitrogens with one attached hydrogen (secondary N) is 2. The zero-order chi connectivity index (χ0) is 16.5.